The highest BCUT2D eigenvalue weighted by Gasteiger charge is 2.28. The standard InChI is InChI=1S/C12H23N3O3.ClH/c1-14(2)11(16)9-15(6-7-18-3)12(17)10-4-5-13-8-10;/h10,13H,4-9H2,1-3H3;1H. The van der Waals surface area contributed by atoms with Crippen LogP contribution in [0, 0.1) is 5.92 Å². The fourth-order valence-corrected chi connectivity index (χ4v) is 1.90. The lowest BCUT2D eigenvalue weighted by Crippen LogP contribution is -2.44. The molecule has 0 radical (unpaired) electrons. The molecule has 1 aliphatic rings. The van der Waals surface area contributed by atoms with Gasteiger partial charge in [0.15, 0.2) is 0 Å². The maximum Gasteiger partial charge on any atom is 0.241 e. The second-order valence-electron chi connectivity index (χ2n) is 4.73. The number of carbonyl (C=O) groups is 2. The largest absolute Gasteiger partial charge is 0.383 e. The molecule has 2 amide bonds. The van der Waals surface area contributed by atoms with Crippen molar-refractivity contribution in [1.29, 1.82) is 0 Å². The molecule has 112 valence electrons. The number of hydrogen-bond donors (Lipinski definition) is 1. The van der Waals surface area contributed by atoms with E-state index in [4.69, 9.17) is 4.74 Å². The van der Waals surface area contributed by atoms with E-state index in [0.29, 0.717) is 19.7 Å². The topological polar surface area (TPSA) is 61.9 Å². The van der Waals surface area contributed by atoms with Crippen LogP contribution in [-0.4, -0.2) is 75.6 Å². The monoisotopic (exact) mass is 293 g/mol. The number of carbonyl (C=O) groups excluding carboxylic acids is 2. The van der Waals surface area contributed by atoms with Crippen LogP contribution in [-0.2, 0) is 14.3 Å². The number of rotatable bonds is 6. The molecule has 1 atom stereocenters. The molecule has 7 heteroatoms. The van der Waals surface area contributed by atoms with Crippen LogP contribution in [0.15, 0.2) is 0 Å². The van der Waals surface area contributed by atoms with E-state index in [1.807, 2.05) is 0 Å². The SMILES string of the molecule is COCCN(CC(=O)N(C)C)C(=O)C1CCNC1.Cl. The van der Waals surface area contributed by atoms with Crippen molar-refractivity contribution in [3.05, 3.63) is 0 Å². The lowest BCUT2D eigenvalue weighted by atomic mass is 10.1. The number of halogens is 1. The fraction of sp³-hybridized carbons (Fsp3) is 0.833. The van der Waals surface area contributed by atoms with Gasteiger partial charge >= 0.3 is 0 Å². The molecule has 1 rings (SSSR count). The van der Waals surface area contributed by atoms with Gasteiger partial charge in [-0.25, -0.2) is 0 Å². The summed E-state index contributed by atoms with van der Waals surface area (Å²) < 4.78 is 4.99. The lowest BCUT2D eigenvalue weighted by Gasteiger charge is -2.25. The quantitative estimate of drug-likeness (QED) is 0.723. The zero-order valence-electron chi connectivity index (χ0n) is 11.8. The third-order valence-corrected chi connectivity index (χ3v) is 3.11. The van der Waals surface area contributed by atoms with Crippen molar-refractivity contribution in [2.75, 3.05) is 54.0 Å². The summed E-state index contributed by atoms with van der Waals surface area (Å²) in [6.45, 7) is 2.62. The normalized spacial score (nSPS) is 17.7. The van der Waals surface area contributed by atoms with Gasteiger partial charge in [-0.1, -0.05) is 0 Å². The Morgan fingerprint density at radius 1 is 1.37 bits per heavy atom. The summed E-state index contributed by atoms with van der Waals surface area (Å²) in [5.41, 5.74) is 0. The number of nitrogens with one attached hydrogen (secondary N) is 1. The van der Waals surface area contributed by atoms with Gasteiger partial charge in [-0.05, 0) is 13.0 Å². The van der Waals surface area contributed by atoms with E-state index in [1.165, 1.54) is 4.90 Å². The van der Waals surface area contributed by atoms with E-state index in [-0.39, 0.29) is 36.7 Å². The average Bonchev–Trinajstić information content (AvgIpc) is 2.86. The second kappa shape index (κ2) is 9.12. The molecular formula is C12H24ClN3O3. The van der Waals surface area contributed by atoms with Gasteiger partial charge in [-0.3, -0.25) is 9.59 Å². The highest BCUT2D eigenvalue weighted by atomic mass is 35.5. The Kier molecular flexibility index (Phi) is 8.71. The first kappa shape index (κ1) is 18.1. The molecule has 0 saturated carbocycles. The van der Waals surface area contributed by atoms with Gasteiger partial charge in [-0.2, -0.15) is 0 Å². The molecule has 0 aromatic rings. The molecule has 0 aromatic carbocycles. The number of likely N-dealkylation sites (N-methyl/N-ethyl adjacent to an activating group) is 1. The fourth-order valence-electron chi connectivity index (χ4n) is 1.90. The van der Waals surface area contributed by atoms with E-state index in [2.05, 4.69) is 5.32 Å². The molecule has 0 bridgehead atoms. The van der Waals surface area contributed by atoms with E-state index in [1.54, 1.807) is 26.1 Å². The summed E-state index contributed by atoms with van der Waals surface area (Å²) in [5, 5.41) is 3.17. The van der Waals surface area contributed by atoms with Gasteiger partial charge in [0.2, 0.25) is 11.8 Å². The van der Waals surface area contributed by atoms with Crippen molar-refractivity contribution in [3.8, 4) is 0 Å². The van der Waals surface area contributed by atoms with Crippen molar-refractivity contribution in [2.45, 2.75) is 6.42 Å². The number of ether oxygens (including phenoxy) is 1. The molecule has 0 aromatic heterocycles. The Morgan fingerprint density at radius 3 is 2.53 bits per heavy atom. The Labute approximate surface area is 120 Å². The molecule has 6 nitrogen and oxygen atoms in total. The summed E-state index contributed by atoms with van der Waals surface area (Å²) in [6.07, 6.45) is 0.846. The Hall–Kier alpha value is -0.850. The van der Waals surface area contributed by atoms with Crippen LogP contribution in [0.5, 0.6) is 0 Å². The van der Waals surface area contributed by atoms with E-state index < -0.39 is 0 Å². The predicted octanol–water partition coefficient (Wildman–Crippen LogP) is -0.419. The van der Waals surface area contributed by atoms with Crippen LogP contribution in [0.1, 0.15) is 6.42 Å². The summed E-state index contributed by atoms with van der Waals surface area (Å²) in [7, 11) is 4.98. The van der Waals surface area contributed by atoms with E-state index >= 15 is 0 Å². The van der Waals surface area contributed by atoms with Crippen LogP contribution in [0.3, 0.4) is 0 Å². The Balaban J connectivity index is 0.00000324. The summed E-state index contributed by atoms with van der Waals surface area (Å²) in [5.74, 6) is -0.0190. The molecule has 1 saturated heterocycles. The molecule has 0 aliphatic carbocycles. The minimum absolute atomic E-state index is 0. The molecule has 19 heavy (non-hydrogen) atoms. The molecule has 1 unspecified atom stereocenters. The van der Waals surface area contributed by atoms with Crippen LogP contribution in [0.25, 0.3) is 0 Å². The highest BCUT2D eigenvalue weighted by molar-refractivity contribution is 5.86. The number of hydrogen-bond acceptors (Lipinski definition) is 4. The van der Waals surface area contributed by atoms with Gasteiger partial charge < -0.3 is 19.9 Å². The van der Waals surface area contributed by atoms with Crippen molar-refractivity contribution in [2.24, 2.45) is 5.92 Å². The number of nitrogens with zero attached hydrogens (tertiary/aromatic N) is 2. The molecule has 1 fully saturated rings. The first-order chi connectivity index (χ1) is 8.56. The zero-order chi connectivity index (χ0) is 13.5. The number of methoxy groups -OCH3 is 1. The van der Waals surface area contributed by atoms with E-state index in [0.717, 1.165) is 13.0 Å². The second-order valence-corrected chi connectivity index (χ2v) is 4.73. The van der Waals surface area contributed by atoms with Gasteiger partial charge in [0, 0.05) is 34.3 Å². The maximum absolute atomic E-state index is 12.3. The van der Waals surface area contributed by atoms with Crippen molar-refractivity contribution >= 4 is 24.2 Å². The van der Waals surface area contributed by atoms with Gasteiger partial charge in [0.25, 0.3) is 0 Å². The highest BCUT2D eigenvalue weighted by Crippen LogP contribution is 2.11. The molecule has 1 aliphatic heterocycles. The first-order valence-electron chi connectivity index (χ1n) is 6.25. The van der Waals surface area contributed by atoms with Crippen LogP contribution < -0.4 is 5.32 Å². The summed E-state index contributed by atoms with van der Waals surface area (Å²) in [4.78, 5) is 27.1. The molecule has 1 heterocycles. The molecule has 1 N–H and O–H groups in total. The zero-order valence-corrected chi connectivity index (χ0v) is 12.7. The van der Waals surface area contributed by atoms with Gasteiger partial charge in [0.05, 0.1) is 19.1 Å². The number of amides is 2. The lowest BCUT2D eigenvalue weighted by molar-refractivity contribution is -0.142. The summed E-state index contributed by atoms with van der Waals surface area (Å²) >= 11 is 0. The minimum atomic E-state index is -0.0644. The van der Waals surface area contributed by atoms with Crippen molar-refractivity contribution in [3.63, 3.8) is 0 Å². The Morgan fingerprint density at radius 2 is 2.05 bits per heavy atom. The molecular weight excluding hydrogens is 270 g/mol. The van der Waals surface area contributed by atoms with Crippen molar-refractivity contribution in [1.82, 2.24) is 15.1 Å². The van der Waals surface area contributed by atoms with Crippen LogP contribution >= 0.6 is 12.4 Å². The smallest absolute Gasteiger partial charge is 0.241 e. The minimum Gasteiger partial charge on any atom is -0.383 e. The van der Waals surface area contributed by atoms with Gasteiger partial charge in [-0.15, -0.1) is 12.4 Å². The van der Waals surface area contributed by atoms with Gasteiger partial charge in [0.1, 0.15) is 0 Å². The van der Waals surface area contributed by atoms with Crippen LogP contribution in [0.4, 0.5) is 0 Å². The third kappa shape index (κ3) is 5.76. The first-order valence-corrected chi connectivity index (χ1v) is 6.25. The third-order valence-electron chi connectivity index (χ3n) is 3.11. The molecule has 0 spiro atoms. The maximum atomic E-state index is 12.3. The average molecular weight is 294 g/mol. The van der Waals surface area contributed by atoms with Crippen molar-refractivity contribution < 1.29 is 14.3 Å². The summed E-state index contributed by atoms with van der Waals surface area (Å²) in [6, 6.07) is 0. The Bertz CT molecular complexity index is 294. The van der Waals surface area contributed by atoms with E-state index in [9.17, 15) is 9.59 Å². The predicted molar refractivity (Wildman–Crippen MR) is 75.4 cm³/mol. The van der Waals surface area contributed by atoms with Crippen LogP contribution in [0.2, 0.25) is 0 Å².